The van der Waals surface area contributed by atoms with E-state index in [1.807, 2.05) is 6.92 Å². The highest BCUT2D eigenvalue weighted by molar-refractivity contribution is 5.94. The predicted octanol–water partition coefficient (Wildman–Crippen LogP) is 2.35. The summed E-state index contributed by atoms with van der Waals surface area (Å²) >= 11 is 0. The van der Waals surface area contributed by atoms with Crippen molar-refractivity contribution in [1.82, 2.24) is 4.90 Å². The second-order valence-electron chi connectivity index (χ2n) is 4.55. The molecule has 1 fully saturated rings. The van der Waals surface area contributed by atoms with Gasteiger partial charge in [0.25, 0.3) is 5.91 Å². The van der Waals surface area contributed by atoms with E-state index >= 15 is 0 Å². The molecule has 17 heavy (non-hydrogen) atoms. The number of aryl methyl sites for hydroxylation is 1. The maximum atomic E-state index is 12.2. The molecule has 1 heterocycles. The topological polar surface area (TPSA) is 57.2 Å². The highest BCUT2D eigenvalue weighted by atomic mass is 16.3. The zero-order valence-electron chi connectivity index (χ0n) is 9.98. The van der Waals surface area contributed by atoms with Gasteiger partial charge < -0.3 is 9.32 Å². The van der Waals surface area contributed by atoms with Crippen LogP contribution in [0.15, 0.2) is 16.7 Å². The molecule has 0 atom stereocenters. The van der Waals surface area contributed by atoms with E-state index in [0.717, 1.165) is 12.3 Å². The number of furan rings is 1. The predicted molar refractivity (Wildman–Crippen MR) is 62.3 cm³/mol. The van der Waals surface area contributed by atoms with Gasteiger partial charge in [-0.15, -0.1) is 0 Å². The molecular weight excluding hydrogens is 216 g/mol. The Hall–Kier alpha value is -1.76. The Morgan fingerprint density at radius 2 is 2.41 bits per heavy atom. The van der Waals surface area contributed by atoms with Crippen molar-refractivity contribution in [2.24, 2.45) is 5.92 Å². The van der Waals surface area contributed by atoms with Crippen LogP contribution < -0.4 is 0 Å². The van der Waals surface area contributed by atoms with Crippen molar-refractivity contribution in [2.75, 3.05) is 13.1 Å². The molecule has 4 nitrogen and oxygen atoms in total. The fourth-order valence-corrected chi connectivity index (χ4v) is 1.81. The molecule has 4 heteroatoms. The number of carbonyl (C=O) groups excluding carboxylic acids is 1. The van der Waals surface area contributed by atoms with Gasteiger partial charge in [0, 0.05) is 13.1 Å². The smallest absolute Gasteiger partial charge is 0.257 e. The molecule has 1 amide bonds. The van der Waals surface area contributed by atoms with E-state index in [9.17, 15) is 4.79 Å². The van der Waals surface area contributed by atoms with Crippen LogP contribution in [-0.4, -0.2) is 23.9 Å². The number of rotatable bonds is 5. The molecule has 90 valence electrons. The molecule has 1 aromatic heterocycles. The average Bonchev–Trinajstić information content (AvgIpc) is 3.03. The highest BCUT2D eigenvalue weighted by Crippen LogP contribution is 2.30. The zero-order chi connectivity index (χ0) is 12.3. The summed E-state index contributed by atoms with van der Waals surface area (Å²) in [6.07, 6.45) is 4.26. The Morgan fingerprint density at radius 1 is 1.65 bits per heavy atom. The van der Waals surface area contributed by atoms with E-state index in [1.54, 1.807) is 11.0 Å². The molecule has 0 aromatic carbocycles. The average molecular weight is 232 g/mol. The molecule has 1 aliphatic carbocycles. The first-order valence-electron chi connectivity index (χ1n) is 5.92. The molecule has 2 rings (SSSR count). The lowest BCUT2D eigenvalue weighted by atomic mass is 10.2. The maximum Gasteiger partial charge on any atom is 0.257 e. The number of nitrogens with zero attached hydrogens (tertiary/aromatic N) is 2. The SMILES string of the molecule is Cc1cc(C(=O)N(CCC#N)CC2CC2)co1. The molecule has 1 aromatic rings. The summed E-state index contributed by atoms with van der Waals surface area (Å²) in [5.74, 6) is 1.34. The third-order valence-corrected chi connectivity index (χ3v) is 2.93. The second kappa shape index (κ2) is 5.05. The Labute approximate surface area is 101 Å². The van der Waals surface area contributed by atoms with Crippen LogP contribution in [-0.2, 0) is 0 Å². The fourth-order valence-electron chi connectivity index (χ4n) is 1.81. The molecule has 0 radical (unpaired) electrons. The first-order chi connectivity index (χ1) is 8.20. The third-order valence-electron chi connectivity index (χ3n) is 2.93. The molecule has 0 unspecified atom stereocenters. The summed E-state index contributed by atoms with van der Waals surface area (Å²) in [6, 6.07) is 3.83. The first kappa shape index (κ1) is 11.7. The van der Waals surface area contributed by atoms with Crippen LogP contribution in [0.3, 0.4) is 0 Å². The summed E-state index contributed by atoms with van der Waals surface area (Å²) in [5, 5.41) is 8.61. The van der Waals surface area contributed by atoms with E-state index < -0.39 is 0 Å². The Bertz CT molecular complexity index is 441. The minimum absolute atomic E-state index is 0.0241. The van der Waals surface area contributed by atoms with E-state index in [2.05, 4.69) is 6.07 Å². The van der Waals surface area contributed by atoms with Gasteiger partial charge in [0.2, 0.25) is 0 Å². The summed E-state index contributed by atoms with van der Waals surface area (Å²) in [5.41, 5.74) is 0.584. The van der Waals surface area contributed by atoms with Gasteiger partial charge in [0.1, 0.15) is 12.0 Å². The van der Waals surface area contributed by atoms with Gasteiger partial charge in [-0.3, -0.25) is 4.79 Å². The first-order valence-corrected chi connectivity index (χ1v) is 5.92. The van der Waals surface area contributed by atoms with E-state index in [-0.39, 0.29) is 5.91 Å². The lowest BCUT2D eigenvalue weighted by Gasteiger charge is -2.20. The number of amides is 1. The van der Waals surface area contributed by atoms with Crippen molar-refractivity contribution >= 4 is 5.91 Å². The van der Waals surface area contributed by atoms with Crippen molar-refractivity contribution in [2.45, 2.75) is 26.2 Å². The zero-order valence-corrected chi connectivity index (χ0v) is 9.98. The van der Waals surface area contributed by atoms with Gasteiger partial charge in [-0.2, -0.15) is 5.26 Å². The van der Waals surface area contributed by atoms with Crippen LogP contribution in [0.1, 0.15) is 35.4 Å². The number of hydrogen-bond donors (Lipinski definition) is 0. The molecule has 0 saturated heterocycles. The standard InChI is InChI=1S/C13H16N2O2/c1-10-7-12(9-17-10)13(16)15(6-2-5-14)8-11-3-4-11/h7,9,11H,2-4,6,8H2,1H3. The van der Waals surface area contributed by atoms with Crippen molar-refractivity contribution in [3.63, 3.8) is 0 Å². The lowest BCUT2D eigenvalue weighted by Crippen LogP contribution is -2.33. The number of hydrogen-bond acceptors (Lipinski definition) is 3. The van der Waals surface area contributed by atoms with Gasteiger partial charge in [-0.25, -0.2) is 0 Å². The summed E-state index contributed by atoms with van der Waals surface area (Å²) in [4.78, 5) is 14.0. The van der Waals surface area contributed by atoms with E-state index in [4.69, 9.17) is 9.68 Å². The molecule has 1 aliphatic rings. The van der Waals surface area contributed by atoms with Crippen LogP contribution in [0.2, 0.25) is 0 Å². The Balaban J connectivity index is 2.02. The molecule has 0 spiro atoms. The van der Waals surface area contributed by atoms with E-state index in [0.29, 0.717) is 24.4 Å². The third kappa shape index (κ3) is 3.10. The maximum absolute atomic E-state index is 12.2. The molecule has 0 bridgehead atoms. The monoisotopic (exact) mass is 232 g/mol. The summed E-state index contributed by atoms with van der Waals surface area (Å²) < 4.78 is 5.15. The Kier molecular flexibility index (Phi) is 3.48. The van der Waals surface area contributed by atoms with Crippen molar-refractivity contribution in [3.8, 4) is 6.07 Å². The van der Waals surface area contributed by atoms with Gasteiger partial charge >= 0.3 is 0 Å². The van der Waals surface area contributed by atoms with Gasteiger partial charge in [-0.1, -0.05) is 0 Å². The molecular formula is C13H16N2O2. The molecule has 0 aliphatic heterocycles. The minimum Gasteiger partial charge on any atom is -0.469 e. The molecule has 0 N–H and O–H groups in total. The van der Waals surface area contributed by atoms with Crippen LogP contribution in [0.4, 0.5) is 0 Å². The normalized spacial score (nSPS) is 14.4. The fraction of sp³-hybridized carbons (Fsp3) is 0.538. The van der Waals surface area contributed by atoms with Crippen LogP contribution in [0.5, 0.6) is 0 Å². The second-order valence-corrected chi connectivity index (χ2v) is 4.55. The van der Waals surface area contributed by atoms with Crippen LogP contribution in [0.25, 0.3) is 0 Å². The Morgan fingerprint density at radius 3 is 2.94 bits per heavy atom. The van der Waals surface area contributed by atoms with Gasteiger partial charge in [0.15, 0.2) is 0 Å². The summed E-state index contributed by atoms with van der Waals surface area (Å²) in [7, 11) is 0. The largest absolute Gasteiger partial charge is 0.469 e. The minimum atomic E-state index is -0.0241. The van der Waals surface area contributed by atoms with Crippen molar-refractivity contribution < 1.29 is 9.21 Å². The number of carbonyl (C=O) groups is 1. The number of nitriles is 1. The van der Waals surface area contributed by atoms with Gasteiger partial charge in [0.05, 0.1) is 18.1 Å². The van der Waals surface area contributed by atoms with Crippen molar-refractivity contribution in [3.05, 3.63) is 23.7 Å². The van der Waals surface area contributed by atoms with E-state index in [1.165, 1.54) is 19.1 Å². The quantitative estimate of drug-likeness (QED) is 0.783. The van der Waals surface area contributed by atoms with Crippen LogP contribution in [0, 0.1) is 24.2 Å². The van der Waals surface area contributed by atoms with Crippen molar-refractivity contribution in [1.29, 1.82) is 5.26 Å². The highest BCUT2D eigenvalue weighted by Gasteiger charge is 2.27. The van der Waals surface area contributed by atoms with Crippen LogP contribution >= 0.6 is 0 Å². The summed E-state index contributed by atoms with van der Waals surface area (Å²) in [6.45, 7) is 3.10. The lowest BCUT2D eigenvalue weighted by molar-refractivity contribution is 0.0750. The molecule has 1 saturated carbocycles. The van der Waals surface area contributed by atoms with Gasteiger partial charge in [-0.05, 0) is 31.7 Å².